The molecule has 0 saturated carbocycles. The second kappa shape index (κ2) is 5.45. The molecule has 0 spiro atoms. The lowest BCUT2D eigenvalue weighted by Gasteiger charge is -2.08. The zero-order valence-electron chi connectivity index (χ0n) is 9.71. The number of hydrogen-bond acceptors (Lipinski definition) is 2. The lowest BCUT2D eigenvalue weighted by atomic mass is 10.0. The fourth-order valence-corrected chi connectivity index (χ4v) is 1.36. The van der Waals surface area contributed by atoms with Gasteiger partial charge >= 0.3 is 5.97 Å². The van der Waals surface area contributed by atoms with Gasteiger partial charge in [-0.1, -0.05) is 18.2 Å². The van der Waals surface area contributed by atoms with Crippen molar-refractivity contribution in [1.29, 1.82) is 0 Å². The second-order valence-corrected chi connectivity index (χ2v) is 3.45. The van der Waals surface area contributed by atoms with Crippen LogP contribution in [0.2, 0.25) is 0 Å². The molecule has 0 atom stereocenters. The number of benzene rings is 1. The van der Waals surface area contributed by atoms with E-state index in [0.717, 1.165) is 0 Å². The van der Waals surface area contributed by atoms with Crippen LogP contribution in [0.25, 0.3) is 5.57 Å². The zero-order valence-corrected chi connectivity index (χ0v) is 9.71. The highest BCUT2D eigenvalue weighted by molar-refractivity contribution is 5.96. The van der Waals surface area contributed by atoms with Crippen molar-refractivity contribution in [2.24, 2.45) is 0 Å². The van der Waals surface area contributed by atoms with Crippen molar-refractivity contribution < 1.29 is 13.9 Å². The third-order valence-electron chi connectivity index (χ3n) is 2.42. The van der Waals surface area contributed by atoms with Crippen molar-refractivity contribution in [2.75, 3.05) is 6.61 Å². The first-order valence-electron chi connectivity index (χ1n) is 5.17. The standard InChI is InChI=1S/C13H15FO2/c1-4-16-13(15)10(3)9(2)11-7-5-6-8-12(11)14/h5-8H,4H2,1-3H3/b10-9-. The minimum atomic E-state index is -0.400. The molecular weight excluding hydrogens is 207 g/mol. The van der Waals surface area contributed by atoms with Crippen LogP contribution in [0.1, 0.15) is 26.3 Å². The highest BCUT2D eigenvalue weighted by Crippen LogP contribution is 2.21. The molecule has 0 aliphatic carbocycles. The summed E-state index contributed by atoms with van der Waals surface area (Å²) in [4.78, 5) is 11.5. The van der Waals surface area contributed by atoms with Gasteiger partial charge in [0.25, 0.3) is 0 Å². The van der Waals surface area contributed by atoms with Crippen LogP contribution in [0.15, 0.2) is 29.8 Å². The van der Waals surface area contributed by atoms with Crippen LogP contribution in [0, 0.1) is 5.82 Å². The Morgan fingerprint density at radius 3 is 2.50 bits per heavy atom. The summed E-state index contributed by atoms with van der Waals surface area (Å²) in [6.45, 7) is 5.41. The quantitative estimate of drug-likeness (QED) is 0.580. The highest BCUT2D eigenvalue weighted by Gasteiger charge is 2.12. The number of rotatable bonds is 3. The predicted octanol–water partition coefficient (Wildman–Crippen LogP) is 3.18. The molecule has 0 bridgehead atoms. The number of ether oxygens (including phenoxy) is 1. The molecule has 0 amide bonds. The van der Waals surface area contributed by atoms with E-state index in [9.17, 15) is 9.18 Å². The zero-order chi connectivity index (χ0) is 12.1. The Morgan fingerprint density at radius 2 is 1.94 bits per heavy atom. The molecule has 2 nitrogen and oxygen atoms in total. The Labute approximate surface area is 94.7 Å². The molecule has 0 unspecified atom stereocenters. The molecule has 1 aromatic rings. The average Bonchev–Trinajstić information content (AvgIpc) is 2.28. The van der Waals surface area contributed by atoms with Gasteiger partial charge in [-0.15, -0.1) is 0 Å². The molecule has 0 heterocycles. The van der Waals surface area contributed by atoms with Gasteiger partial charge in [0.2, 0.25) is 0 Å². The fourth-order valence-electron chi connectivity index (χ4n) is 1.36. The summed E-state index contributed by atoms with van der Waals surface area (Å²) in [5, 5.41) is 0. The van der Waals surface area contributed by atoms with Gasteiger partial charge in [-0.3, -0.25) is 0 Å². The first-order valence-corrected chi connectivity index (χ1v) is 5.17. The maximum absolute atomic E-state index is 13.5. The smallest absolute Gasteiger partial charge is 0.333 e. The number of carbonyl (C=O) groups excluding carboxylic acids is 1. The highest BCUT2D eigenvalue weighted by atomic mass is 19.1. The molecule has 3 heteroatoms. The molecular formula is C13H15FO2. The third kappa shape index (κ3) is 2.69. The van der Waals surface area contributed by atoms with Crippen molar-refractivity contribution in [1.82, 2.24) is 0 Å². The van der Waals surface area contributed by atoms with E-state index >= 15 is 0 Å². The second-order valence-electron chi connectivity index (χ2n) is 3.45. The number of carbonyl (C=O) groups is 1. The first-order chi connectivity index (χ1) is 7.57. The van der Waals surface area contributed by atoms with Crippen LogP contribution in [0.5, 0.6) is 0 Å². The Balaban J connectivity index is 3.09. The molecule has 0 saturated heterocycles. The van der Waals surface area contributed by atoms with Crippen LogP contribution in [0.3, 0.4) is 0 Å². The van der Waals surface area contributed by atoms with E-state index in [-0.39, 0.29) is 5.82 Å². The van der Waals surface area contributed by atoms with E-state index < -0.39 is 5.97 Å². The van der Waals surface area contributed by atoms with E-state index in [1.165, 1.54) is 6.07 Å². The summed E-state index contributed by atoms with van der Waals surface area (Å²) >= 11 is 0. The SMILES string of the molecule is CCOC(=O)/C(C)=C(/C)c1ccccc1F. The lowest BCUT2D eigenvalue weighted by molar-refractivity contribution is -0.138. The Morgan fingerprint density at radius 1 is 1.31 bits per heavy atom. The summed E-state index contributed by atoms with van der Waals surface area (Å²) in [6, 6.07) is 6.37. The van der Waals surface area contributed by atoms with Gasteiger partial charge in [0, 0.05) is 11.1 Å². The summed E-state index contributed by atoms with van der Waals surface area (Å²) < 4.78 is 18.3. The van der Waals surface area contributed by atoms with Gasteiger partial charge in [-0.05, 0) is 32.4 Å². The molecule has 0 aliphatic heterocycles. The van der Waals surface area contributed by atoms with Crippen molar-refractivity contribution in [3.05, 3.63) is 41.2 Å². The van der Waals surface area contributed by atoms with Gasteiger partial charge in [0.15, 0.2) is 0 Å². The van der Waals surface area contributed by atoms with E-state index in [2.05, 4.69) is 0 Å². The van der Waals surface area contributed by atoms with E-state index in [1.54, 1.807) is 39.0 Å². The summed E-state index contributed by atoms with van der Waals surface area (Å²) in [5.41, 5.74) is 1.48. The largest absolute Gasteiger partial charge is 0.463 e. The minimum Gasteiger partial charge on any atom is -0.463 e. The van der Waals surface area contributed by atoms with Crippen molar-refractivity contribution >= 4 is 11.5 Å². The first kappa shape index (κ1) is 12.4. The van der Waals surface area contributed by atoms with Gasteiger partial charge in [-0.2, -0.15) is 0 Å². The monoisotopic (exact) mass is 222 g/mol. The predicted molar refractivity (Wildman–Crippen MR) is 61.3 cm³/mol. The van der Waals surface area contributed by atoms with Crippen LogP contribution in [0.4, 0.5) is 4.39 Å². The van der Waals surface area contributed by atoms with Crippen LogP contribution < -0.4 is 0 Å². The van der Waals surface area contributed by atoms with Gasteiger partial charge in [0.05, 0.1) is 6.61 Å². The van der Waals surface area contributed by atoms with E-state index in [0.29, 0.717) is 23.3 Å². The maximum Gasteiger partial charge on any atom is 0.333 e. The molecule has 1 rings (SSSR count). The van der Waals surface area contributed by atoms with Crippen molar-refractivity contribution in [3.63, 3.8) is 0 Å². The lowest BCUT2D eigenvalue weighted by Crippen LogP contribution is -2.07. The third-order valence-corrected chi connectivity index (χ3v) is 2.42. The van der Waals surface area contributed by atoms with Crippen LogP contribution >= 0.6 is 0 Å². The molecule has 0 N–H and O–H groups in total. The Hall–Kier alpha value is -1.64. The fraction of sp³-hybridized carbons (Fsp3) is 0.308. The summed E-state index contributed by atoms with van der Waals surface area (Å²) in [7, 11) is 0. The van der Waals surface area contributed by atoms with Gasteiger partial charge in [0.1, 0.15) is 5.82 Å². The molecule has 0 aromatic heterocycles. The molecule has 1 aromatic carbocycles. The van der Waals surface area contributed by atoms with Crippen LogP contribution in [-0.4, -0.2) is 12.6 Å². The number of esters is 1. The van der Waals surface area contributed by atoms with E-state index in [4.69, 9.17) is 4.74 Å². The Kier molecular flexibility index (Phi) is 4.23. The summed E-state index contributed by atoms with van der Waals surface area (Å²) in [6.07, 6.45) is 0. The van der Waals surface area contributed by atoms with Crippen molar-refractivity contribution in [3.8, 4) is 0 Å². The number of hydrogen-bond donors (Lipinski definition) is 0. The normalized spacial score (nSPS) is 12.0. The molecule has 0 fully saturated rings. The molecule has 0 aliphatic rings. The Bertz CT molecular complexity index is 422. The maximum atomic E-state index is 13.5. The molecule has 86 valence electrons. The molecule has 0 radical (unpaired) electrons. The number of halogens is 1. The number of allylic oxidation sites excluding steroid dienone is 1. The van der Waals surface area contributed by atoms with Crippen molar-refractivity contribution in [2.45, 2.75) is 20.8 Å². The topological polar surface area (TPSA) is 26.3 Å². The minimum absolute atomic E-state index is 0.320. The van der Waals surface area contributed by atoms with Gasteiger partial charge < -0.3 is 4.74 Å². The average molecular weight is 222 g/mol. The van der Waals surface area contributed by atoms with Crippen LogP contribution in [-0.2, 0) is 9.53 Å². The molecule has 16 heavy (non-hydrogen) atoms. The summed E-state index contributed by atoms with van der Waals surface area (Å²) in [5.74, 6) is -0.730. The van der Waals surface area contributed by atoms with E-state index in [1.807, 2.05) is 0 Å². The van der Waals surface area contributed by atoms with Gasteiger partial charge in [-0.25, -0.2) is 9.18 Å².